The first-order valence-corrected chi connectivity index (χ1v) is 12.1. The van der Waals surface area contributed by atoms with Crippen LogP contribution < -0.4 is 10.1 Å². The average molecular weight is 484 g/mol. The summed E-state index contributed by atoms with van der Waals surface area (Å²) in [4.78, 5) is 28.7. The van der Waals surface area contributed by atoms with Gasteiger partial charge in [-0.25, -0.2) is 9.97 Å². The number of aliphatic imine (C=N–C) groups is 1. The Morgan fingerprint density at radius 2 is 1.89 bits per heavy atom. The lowest BCUT2D eigenvalue weighted by Crippen LogP contribution is -2.27. The van der Waals surface area contributed by atoms with E-state index in [1.54, 1.807) is 25.6 Å². The number of carbonyl (C=O) groups is 1. The van der Waals surface area contributed by atoms with Gasteiger partial charge in [0, 0.05) is 44.8 Å². The molecule has 36 heavy (non-hydrogen) atoms. The molecule has 1 fully saturated rings. The molecule has 8 heteroatoms. The molecule has 0 radical (unpaired) electrons. The molecular formula is C28H29N5O3. The van der Waals surface area contributed by atoms with Crippen molar-refractivity contribution in [2.24, 2.45) is 10.9 Å². The number of carbonyl (C=O) groups excluding carboxylic acids is 1. The normalized spacial score (nSPS) is 18.8. The van der Waals surface area contributed by atoms with E-state index in [1.807, 2.05) is 66.5 Å². The Morgan fingerprint density at radius 3 is 2.64 bits per heavy atom. The average Bonchev–Trinajstić information content (AvgIpc) is 3.55. The molecule has 1 aromatic heterocycles. The summed E-state index contributed by atoms with van der Waals surface area (Å²) in [6, 6.07) is 17.5. The highest BCUT2D eigenvalue weighted by Gasteiger charge is 2.39. The largest absolute Gasteiger partial charge is 0.457 e. The third-order valence-electron chi connectivity index (χ3n) is 6.51. The lowest BCUT2D eigenvalue weighted by Gasteiger charge is -2.18. The number of likely N-dealkylation sites (tertiary alicyclic amines) is 1. The fraction of sp³-hybridized carbons (Fsp3) is 0.286. The topological polar surface area (TPSA) is 88.9 Å². The number of benzene rings is 2. The SMILES string of the molecule is CNc1ncnc2c1C(c1ccc(Oc3ccccc3)cc1)=NC2C1CCN(C(=O)/C=C/COC)C1. The minimum absolute atomic E-state index is 0.00424. The Morgan fingerprint density at radius 1 is 1.11 bits per heavy atom. The van der Waals surface area contributed by atoms with Gasteiger partial charge in [-0.3, -0.25) is 9.79 Å². The van der Waals surface area contributed by atoms with Gasteiger partial charge >= 0.3 is 0 Å². The van der Waals surface area contributed by atoms with Gasteiger partial charge in [-0.1, -0.05) is 24.3 Å². The van der Waals surface area contributed by atoms with Crippen molar-refractivity contribution in [1.82, 2.24) is 14.9 Å². The standard InChI is InChI=1S/C28H29N5O3/c1-29-28-24-25(19-10-12-22(13-11-19)36-21-7-4-3-5-8-21)32-26(27(24)30-18-31-28)20-14-15-33(17-20)23(34)9-6-16-35-2/h3-13,18,20,26H,14-17H2,1-2H3,(H,29,30,31)/b9-6+. The van der Waals surface area contributed by atoms with Gasteiger partial charge in [-0.05, 0) is 42.8 Å². The molecule has 3 aromatic rings. The quantitative estimate of drug-likeness (QED) is 0.482. The van der Waals surface area contributed by atoms with E-state index in [2.05, 4.69) is 15.3 Å². The molecule has 1 amide bonds. The Kier molecular flexibility index (Phi) is 7.04. The fourth-order valence-electron chi connectivity index (χ4n) is 4.76. The summed E-state index contributed by atoms with van der Waals surface area (Å²) in [5.41, 5.74) is 3.66. The molecule has 2 aliphatic heterocycles. The zero-order chi connectivity index (χ0) is 24.9. The van der Waals surface area contributed by atoms with Gasteiger partial charge in [0.25, 0.3) is 0 Å². The van der Waals surface area contributed by atoms with Crippen LogP contribution in [0.5, 0.6) is 11.5 Å². The van der Waals surface area contributed by atoms with E-state index < -0.39 is 0 Å². The first-order chi connectivity index (χ1) is 17.7. The zero-order valence-electron chi connectivity index (χ0n) is 20.4. The van der Waals surface area contributed by atoms with Gasteiger partial charge in [-0.15, -0.1) is 0 Å². The summed E-state index contributed by atoms with van der Waals surface area (Å²) in [7, 11) is 3.46. The van der Waals surface area contributed by atoms with Crippen molar-refractivity contribution in [3.8, 4) is 11.5 Å². The second-order valence-corrected chi connectivity index (χ2v) is 8.79. The Balaban J connectivity index is 1.40. The van der Waals surface area contributed by atoms with Gasteiger partial charge in [0.2, 0.25) is 5.91 Å². The highest BCUT2D eigenvalue weighted by Crippen LogP contribution is 2.41. The third kappa shape index (κ3) is 4.85. The molecule has 0 spiro atoms. The van der Waals surface area contributed by atoms with Crippen molar-refractivity contribution >= 4 is 17.4 Å². The van der Waals surface area contributed by atoms with Gasteiger partial charge in [0.15, 0.2) is 0 Å². The third-order valence-corrected chi connectivity index (χ3v) is 6.51. The molecule has 1 N–H and O–H groups in total. The minimum Gasteiger partial charge on any atom is -0.457 e. The lowest BCUT2D eigenvalue weighted by molar-refractivity contribution is -0.125. The second-order valence-electron chi connectivity index (χ2n) is 8.79. The number of hydrogen-bond donors (Lipinski definition) is 1. The van der Waals surface area contributed by atoms with Gasteiger partial charge in [0.1, 0.15) is 23.6 Å². The van der Waals surface area contributed by atoms with Crippen molar-refractivity contribution in [2.45, 2.75) is 12.5 Å². The first-order valence-electron chi connectivity index (χ1n) is 12.1. The number of nitrogens with zero attached hydrogens (tertiary/aromatic N) is 4. The Bertz CT molecular complexity index is 1270. The van der Waals surface area contributed by atoms with Crippen LogP contribution in [0, 0.1) is 5.92 Å². The maximum absolute atomic E-state index is 12.6. The number of nitrogens with one attached hydrogen (secondary N) is 1. The molecule has 2 aromatic carbocycles. The second kappa shape index (κ2) is 10.7. The predicted octanol–water partition coefficient (Wildman–Crippen LogP) is 4.25. The van der Waals surface area contributed by atoms with Crippen molar-refractivity contribution in [3.05, 3.63) is 89.9 Å². The number of fused-ring (bicyclic) bond motifs is 1. The molecular weight excluding hydrogens is 454 g/mol. The molecule has 184 valence electrons. The van der Waals surface area contributed by atoms with E-state index in [4.69, 9.17) is 14.5 Å². The molecule has 0 aliphatic carbocycles. The van der Waals surface area contributed by atoms with Crippen LogP contribution in [-0.2, 0) is 9.53 Å². The van der Waals surface area contributed by atoms with Crippen LogP contribution in [0.4, 0.5) is 5.82 Å². The van der Waals surface area contributed by atoms with Crippen molar-refractivity contribution in [1.29, 1.82) is 0 Å². The summed E-state index contributed by atoms with van der Waals surface area (Å²) in [5.74, 6) is 2.48. The maximum atomic E-state index is 12.6. The van der Waals surface area contributed by atoms with Crippen LogP contribution in [0.25, 0.3) is 0 Å². The van der Waals surface area contributed by atoms with Gasteiger partial charge < -0.3 is 19.7 Å². The van der Waals surface area contributed by atoms with Gasteiger partial charge in [0.05, 0.1) is 29.6 Å². The lowest BCUT2D eigenvalue weighted by atomic mass is 9.95. The molecule has 3 heterocycles. The Labute approximate surface area is 210 Å². The minimum atomic E-state index is -0.133. The van der Waals surface area contributed by atoms with Crippen LogP contribution in [-0.4, -0.2) is 60.3 Å². The van der Waals surface area contributed by atoms with Crippen LogP contribution in [0.3, 0.4) is 0 Å². The van der Waals surface area contributed by atoms with E-state index >= 15 is 0 Å². The van der Waals surface area contributed by atoms with Crippen LogP contribution in [0.1, 0.15) is 29.3 Å². The van der Waals surface area contributed by atoms with Crippen molar-refractivity contribution < 1.29 is 14.3 Å². The van der Waals surface area contributed by atoms with Crippen LogP contribution >= 0.6 is 0 Å². The number of hydrogen-bond acceptors (Lipinski definition) is 7. The van der Waals surface area contributed by atoms with E-state index in [9.17, 15) is 4.79 Å². The van der Waals surface area contributed by atoms with E-state index in [-0.39, 0.29) is 17.9 Å². The molecule has 2 atom stereocenters. The highest BCUT2D eigenvalue weighted by atomic mass is 16.5. The smallest absolute Gasteiger partial charge is 0.246 e. The summed E-state index contributed by atoms with van der Waals surface area (Å²) in [6.07, 6.45) is 5.78. The monoisotopic (exact) mass is 483 g/mol. The molecule has 1 saturated heterocycles. The molecule has 0 saturated carbocycles. The highest BCUT2D eigenvalue weighted by molar-refractivity contribution is 6.17. The van der Waals surface area contributed by atoms with Crippen LogP contribution in [0.15, 0.2) is 78.1 Å². The first kappa shape index (κ1) is 23.7. The van der Waals surface area contributed by atoms with E-state index in [0.29, 0.717) is 19.7 Å². The number of para-hydroxylation sites is 1. The van der Waals surface area contributed by atoms with E-state index in [1.165, 1.54) is 0 Å². The maximum Gasteiger partial charge on any atom is 0.246 e. The number of rotatable bonds is 8. The molecule has 2 unspecified atom stereocenters. The molecule has 2 aliphatic rings. The fourth-order valence-corrected chi connectivity index (χ4v) is 4.76. The molecule has 0 bridgehead atoms. The van der Waals surface area contributed by atoms with E-state index in [0.717, 1.165) is 46.3 Å². The van der Waals surface area contributed by atoms with Crippen molar-refractivity contribution in [2.75, 3.05) is 39.2 Å². The predicted molar refractivity (Wildman–Crippen MR) is 139 cm³/mol. The summed E-state index contributed by atoms with van der Waals surface area (Å²) in [5, 5.41) is 3.20. The summed E-state index contributed by atoms with van der Waals surface area (Å²) < 4.78 is 11.0. The number of ether oxygens (including phenoxy) is 2. The van der Waals surface area contributed by atoms with Crippen LogP contribution in [0.2, 0.25) is 0 Å². The number of amides is 1. The number of methoxy groups -OCH3 is 1. The molecule has 8 nitrogen and oxygen atoms in total. The number of aromatic nitrogens is 2. The summed E-state index contributed by atoms with van der Waals surface area (Å²) >= 11 is 0. The van der Waals surface area contributed by atoms with Gasteiger partial charge in [-0.2, -0.15) is 0 Å². The van der Waals surface area contributed by atoms with Crippen molar-refractivity contribution in [3.63, 3.8) is 0 Å². The Hall–Kier alpha value is -4.04. The summed E-state index contributed by atoms with van der Waals surface area (Å²) in [6.45, 7) is 1.76. The zero-order valence-corrected chi connectivity index (χ0v) is 20.4. The number of anilines is 1. The molecule has 5 rings (SSSR count).